The first-order valence-electron chi connectivity index (χ1n) is 10.7. The van der Waals surface area contributed by atoms with Gasteiger partial charge in [-0.05, 0) is 50.2 Å². The van der Waals surface area contributed by atoms with Crippen LogP contribution in [0, 0.1) is 0 Å². The fourth-order valence-corrected chi connectivity index (χ4v) is 5.87. The minimum Gasteiger partial charge on any atom is -0.507 e. The van der Waals surface area contributed by atoms with Crippen molar-refractivity contribution in [2.75, 3.05) is 0 Å². The van der Waals surface area contributed by atoms with Gasteiger partial charge in [0.1, 0.15) is 18.4 Å². The van der Waals surface area contributed by atoms with Crippen molar-refractivity contribution in [2.45, 2.75) is 88.2 Å². The zero-order chi connectivity index (χ0) is 23.4. The first-order chi connectivity index (χ1) is 14.3. The number of thioether (sulfide) groups is 2. The summed E-state index contributed by atoms with van der Waals surface area (Å²) in [4.78, 5) is 6.37. The van der Waals surface area contributed by atoms with Crippen molar-refractivity contribution >= 4 is 23.5 Å². The molecule has 2 aromatic rings. The van der Waals surface area contributed by atoms with Gasteiger partial charge in [-0.2, -0.15) is 5.10 Å². The molecule has 0 fully saturated rings. The summed E-state index contributed by atoms with van der Waals surface area (Å²) in [5.74, 6) is 0.408. The van der Waals surface area contributed by atoms with Crippen LogP contribution in [0.4, 0.5) is 0 Å². The van der Waals surface area contributed by atoms with Crippen LogP contribution in [-0.2, 0) is 17.4 Å². The molecule has 170 valence electrons. The highest BCUT2D eigenvalue weighted by Gasteiger charge is 2.31. The van der Waals surface area contributed by atoms with Crippen molar-refractivity contribution in [1.29, 1.82) is 0 Å². The molecule has 0 unspecified atom stereocenters. The van der Waals surface area contributed by atoms with E-state index < -0.39 is 0 Å². The Balaban J connectivity index is 2.44. The Hall–Kier alpha value is -1.66. The van der Waals surface area contributed by atoms with Gasteiger partial charge >= 0.3 is 0 Å². The van der Waals surface area contributed by atoms with Crippen molar-refractivity contribution in [2.24, 2.45) is 0 Å². The van der Waals surface area contributed by atoms with Gasteiger partial charge in [0, 0.05) is 27.5 Å². The fraction of sp³-hybridized carbons (Fsp3) is 0.520. The third-order valence-corrected chi connectivity index (χ3v) is 7.86. The number of benzene rings is 1. The number of aryl methyl sites for hydroxylation is 1. The van der Waals surface area contributed by atoms with Gasteiger partial charge in [0.05, 0.1) is 4.08 Å². The zero-order valence-corrected chi connectivity index (χ0v) is 21.8. The molecule has 0 saturated heterocycles. The van der Waals surface area contributed by atoms with Crippen LogP contribution in [0.1, 0.15) is 72.9 Å². The summed E-state index contributed by atoms with van der Waals surface area (Å²) < 4.78 is 1.76. The average Bonchev–Trinajstić information content (AvgIpc) is 3.18. The second kappa shape index (κ2) is 9.86. The SMILES string of the molecule is C=C/C(=C\C)SC(C)(C)Sc1cc(C(C)(C)C)c(O)c(C(C)(C)CCn2cncn2)c1. The lowest BCUT2D eigenvalue weighted by Crippen LogP contribution is -2.23. The summed E-state index contributed by atoms with van der Waals surface area (Å²) >= 11 is 3.63. The van der Waals surface area contributed by atoms with Crippen molar-refractivity contribution < 1.29 is 5.11 Å². The molecule has 0 bridgehead atoms. The molecule has 4 nitrogen and oxygen atoms in total. The largest absolute Gasteiger partial charge is 0.507 e. The molecule has 0 aliphatic heterocycles. The van der Waals surface area contributed by atoms with Gasteiger partial charge in [0.2, 0.25) is 0 Å². The molecule has 0 atom stereocenters. The lowest BCUT2D eigenvalue weighted by Gasteiger charge is -2.32. The van der Waals surface area contributed by atoms with Gasteiger partial charge in [-0.3, -0.25) is 4.68 Å². The Morgan fingerprint density at radius 1 is 1.13 bits per heavy atom. The number of aromatic hydroxyl groups is 1. The molecule has 2 rings (SSSR count). The Morgan fingerprint density at radius 2 is 1.77 bits per heavy atom. The lowest BCUT2D eigenvalue weighted by atomic mass is 9.77. The monoisotopic (exact) mass is 459 g/mol. The van der Waals surface area contributed by atoms with Crippen LogP contribution in [0.3, 0.4) is 0 Å². The summed E-state index contributed by atoms with van der Waals surface area (Å²) in [6, 6.07) is 4.32. The van der Waals surface area contributed by atoms with E-state index in [4.69, 9.17) is 0 Å². The van der Waals surface area contributed by atoms with Gasteiger partial charge in [-0.1, -0.05) is 53.3 Å². The van der Waals surface area contributed by atoms with Crippen molar-refractivity contribution in [1.82, 2.24) is 14.8 Å². The molecule has 6 heteroatoms. The molecule has 1 N–H and O–H groups in total. The maximum absolute atomic E-state index is 11.3. The molecule has 0 radical (unpaired) electrons. The van der Waals surface area contributed by atoms with Gasteiger partial charge < -0.3 is 5.11 Å². The first kappa shape index (κ1) is 25.6. The number of rotatable bonds is 9. The Morgan fingerprint density at radius 3 is 2.29 bits per heavy atom. The second-order valence-electron chi connectivity index (χ2n) is 9.91. The van der Waals surface area contributed by atoms with Crippen LogP contribution in [0.15, 0.2) is 53.3 Å². The van der Waals surface area contributed by atoms with Gasteiger partial charge in [-0.15, -0.1) is 23.5 Å². The van der Waals surface area contributed by atoms with E-state index in [1.54, 1.807) is 24.4 Å². The highest BCUT2D eigenvalue weighted by molar-refractivity contribution is 8.20. The van der Waals surface area contributed by atoms with E-state index in [1.165, 1.54) is 9.80 Å². The molecule has 1 heterocycles. The molecular formula is C25H37N3OS2. The van der Waals surface area contributed by atoms with Gasteiger partial charge in [0.25, 0.3) is 0 Å². The van der Waals surface area contributed by atoms with E-state index in [9.17, 15) is 5.11 Å². The third kappa shape index (κ3) is 6.91. The van der Waals surface area contributed by atoms with Crippen molar-refractivity contribution in [3.63, 3.8) is 0 Å². The maximum atomic E-state index is 11.3. The molecule has 0 amide bonds. The molecule has 0 aliphatic rings. The maximum Gasteiger partial charge on any atom is 0.137 e. The van der Waals surface area contributed by atoms with Crippen LogP contribution in [-0.4, -0.2) is 24.0 Å². The van der Waals surface area contributed by atoms with E-state index in [1.807, 2.05) is 29.4 Å². The summed E-state index contributed by atoms with van der Waals surface area (Å²) in [5, 5.41) is 15.5. The van der Waals surface area contributed by atoms with Crippen LogP contribution >= 0.6 is 23.5 Å². The van der Waals surface area contributed by atoms with E-state index in [2.05, 4.69) is 83.3 Å². The van der Waals surface area contributed by atoms with E-state index in [0.717, 1.165) is 24.1 Å². The molecule has 31 heavy (non-hydrogen) atoms. The predicted molar refractivity (Wildman–Crippen MR) is 136 cm³/mol. The Bertz CT molecular complexity index is 923. The Kier molecular flexibility index (Phi) is 8.15. The van der Waals surface area contributed by atoms with Crippen LogP contribution in [0.5, 0.6) is 5.75 Å². The average molecular weight is 460 g/mol. The number of allylic oxidation sites excluding steroid dienone is 2. The summed E-state index contributed by atoms with van der Waals surface area (Å²) in [7, 11) is 0. The molecular weight excluding hydrogens is 422 g/mol. The quantitative estimate of drug-likeness (QED) is 0.242. The van der Waals surface area contributed by atoms with E-state index >= 15 is 0 Å². The summed E-state index contributed by atoms with van der Waals surface area (Å²) in [5.41, 5.74) is 1.58. The minimum atomic E-state index is -0.223. The number of hydrogen-bond acceptors (Lipinski definition) is 5. The molecule has 0 saturated carbocycles. The fourth-order valence-electron chi connectivity index (χ4n) is 3.44. The smallest absolute Gasteiger partial charge is 0.137 e. The molecule has 1 aromatic carbocycles. The third-order valence-electron chi connectivity index (χ3n) is 5.27. The van der Waals surface area contributed by atoms with Crippen molar-refractivity contribution in [3.05, 3.63) is 59.6 Å². The number of nitrogens with zero attached hydrogens (tertiary/aromatic N) is 3. The highest BCUT2D eigenvalue weighted by atomic mass is 32.2. The van der Waals surface area contributed by atoms with E-state index in [-0.39, 0.29) is 14.9 Å². The summed E-state index contributed by atoms with van der Waals surface area (Å²) in [6.45, 7) is 22.0. The number of hydrogen-bond donors (Lipinski definition) is 1. The minimum absolute atomic E-state index is 0.0791. The van der Waals surface area contributed by atoms with Crippen LogP contribution in [0.2, 0.25) is 0 Å². The molecule has 0 spiro atoms. The standard InChI is InChI=1S/C25H37N3OS2/c1-10-18(11-2)30-25(8,9)31-19-14-20(23(3,4)5)22(29)21(15-19)24(6,7)12-13-28-17-26-16-27-28/h10-11,14-17,29H,1,12-13H2,2-9H3/b18-11+. The second-order valence-corrected chi connectivity index (χ2v) is 13.6. The van der Waals surface area contributed by atoms with E-state index in [0.29, 0.717) is 5.75 Å². The van der Waals surface area contributed by atoms with Gasteiger partial charge in [0.15, 0.2) is 0 Å². The van der Waals surface area contributed by atoms with Gasteiger partial charge in [-0.25, -0.2) is 4.98 Å². The predicted octanol–water partition coefficient (Wildman–Crippen LogP) is 7.30. The number of aromatic nitrogens is 3. The lowest BCUT2D eigenvalue weighted by molar-refractivity contribution is 0.382. The number of phenols is 1. The van der Waals surface area contributed by atoms with Crippen molar-refractivity contribution in [3.8, 4) is 5.75 Å². The highest BCUT2D eigenvalue weighted by Crippen LogP contribution is 2.49. The first-order valence-corrected chi connectivity index (χ1v) is 12.3. The normalized spacial score (nSPS) is 13.5. The Labute approximate surface area is 196 Å². The summed E-state index contributed by atoms with van der Waals surface area (Å²) in [6.07, 6.45) is 8.14. The van der Waals surface area contributed by atoms with Crippen LogP contribution < -0.4 is 0 Å². The zero-order valence-electron chi connectivity index (χ0n) is 20.2. The number of phenolic OH excluding ortho intramolecular Hbond substituents is 1. The molecule has 0 aliphatic carbocycles. The van der Waals surface area contributed by atoms with Crippen LogP contribution in [0.25, 0.3) is 0 Å². The topological polar surface area (TPSA) is 50.9 Å². The molecule has 1 aromatic heterocycles.